The molecule has 1 aromatic carbocycles. The van der Waals surface area contributed by atoms with Gasteiger partial charge in [0, 0.05) is 23.5 Å². The van der Waals surface area contributed by atoms with Crippen LogP contribution in [0.25, 0.3) is 0 Å². The minimum Gasteiger partial charge on any atom is -0.396 e. The van der Waals surface area contributed by atoms with Gasteiger partial charge in [0.2, 0.25) is 5.91 Å². The van der Waals surface area contributed by atoms with E-state index in [1.807, 2.05) is 24.3 Å². The van der Waals surface area contributed by atoms with Gasteiger partial charge in [-0.15, -0.1) is 0 Å². The number of carbonyl (C=O) groups is 1. The van der Waals surface area contributed by atoms with Gasteiger partial charge in [-0.25, -0.2) is 8.42 Å². The number of hydrogen-bond donors (Lipinski definition) is 2. The van der Waals surface area contributed by atoms with Gasteiger partial charge in [0.1, 0.15) is 5.75 Å². The zero-order valence-corrected chi connectivity index (χ0v) is 16.0. The SMILES string of the molecule is O=C(CS(=O)(=O)C1CCCC1)NC[C@@H](CO)Cc1cccc(Br)c1. The average molecular weight is 418 g/mol. The molecule has 5 nitrogen and oxygen atoms in total. The number of aliphatic hydroxyl groups excluding tert-OH is 1. The highest BCUT2D eigenvalue weighted by atomic mass is 79.9. The molecule has 2 N–H and O–H groups in total. The summed E-state index contributed by atoms with van der Waals surface area (Å²) in [6.07, 6.45) is 3.79. The summed E-state index contributed by atoms with van der Waals surface area (Å²) in [4.78, 5) is 12.0. The number of nitrogens with one attached hydrogen (secondary N) is 1. The molecule has 1 fully saturated rings. The molecule has 24 heavy (non-hydrogen) atoms. The third-order valence-corrected chi connectivity index (χ3v) is 7.05. The van der Waals surface area contributed by atoms with Gasteiger partial charge in [-0.3, -0.25) is 4.79 Å². The van der Waals surface area contributed by atoms with Crippen LogP contribution in [0.1, 0.15) is 31.2 Å². The molecule has 0 saturated heterocycles. The molecule has 1 aromatic rings. The summed E-state index contributed by atoms with van der Waals surface area (Å²) < 4.78 is 25.3. The molecule has 0 heterocycles. The van der Waals surface area contributed by atoms with Crippen LogP contribution in [0.5, 0.6) is 0 Å². The van der Waals surface area contributed by atoms with Crippen molar-refractivity contribution in [3.05, 3.63) is 34.3 Å². The van der Waals surface area contributed by atoms with E-state index in [0.29, 0.717) is 19.3 Å². The second-order valence-electron chi connectivity index (χ2n) is 6.40. The van der Waals surface area contributed by atoms with Crippen LogP contribution in [-0.4, -0.2) is 43.6 Å². The van der Waals surface area contributed by atoms with Gasteiger partial charge in [0.15, 0.2) is 9.84 Å². The van der Waals surface area contributed by atoms with Crippen LogP contribution in [0.15, 0.2) is 28.7 Å². The molecule has 1 aliphatic carbocycles. The molecule has 0 bridgehead atoms. The standard InChI is InChI=1S/C17H24BrNO4S/c18-15-5-3-4-13(9-15)8-14(11-20)10-19-17(21)12-24(22,23)16-6-1-2-7-16/h3-5,9,14,16,20H,1-2,6-8,10-12H2,(H,19,21)/t14-/m0/s1. The summed E-state index contributed by atoms with van der Waals surface area (Å²) in [6.45, 7) is 0.199. The molecule has 134 valence electrons. The molecule has 2 rings (SSSR count). The Morgan fingerprint density at radius 1 is 1.33 bits per heavy atom. The number of rotatable bonds is 8. The van der Waals surface area contributed by atoms with Crippen molar-refractivity contribution in [3.63, 3.8) is 0 Å². The first-order chi connectivity index (χ1) is 11.4. The van der Waals surface area contributed by atoms with Crippen molar-refractivity contribution in [2.75, 3.05) is 18.9 Å². The lowest BCUT2D eigenvalue weighted by Gasteiger charge is -2.16. The predicted octanol–water partition coefficient (Wildman–Crippen LogP) is 2.07. The molecule has 1 amide bonds. The highest BCUT2D eigenvalue weighted by Crippen LogP contribution is 2.25. The van der Waals surface area contributed by atoms with E-state index in [-0.39, 0.29) is 24.3 Å². The van der Waals surface area contributed by atoms with Gasteiger partial charge in [-0.05, 0) is 37.0 Å². The van der Waals surface area contributed by atoms with E-state index in [2.05, 4.69) is 21.2 Å². The maximum Gasteiger partial charge on any atom is 0.235 e. The Balaban J connectivity index is 1.82. The van der Waals surface area contributed by atoms with Crippen molar-refractivity contribution in [1.29, 1.82) is 0 Å². The van der Waals surface area contributed by atoms with Crippen molar-refractivity contribution in [2.45, 2.75) is 37.4 Å². The number of amides is 1. The second kappa shape index (κ2) is 8.97. The quantitative estimate of drug-likeness (QED) is 0.677. The molecule has 0 radical (unpaired) electrons. The van der Waals surface area contributed by atoms with Crippen molar-refractivity contribution in [1.82, 2.24) is 5.32 Å². The largest absolute Gasteiger partial charge is 0.396 e. The van der Waals surface area contributed by atoms with E-state index in [4.69, 9.17) is 0 Å². The third kappa shape index (κ3) is 5.86. The zero-order chi connectivity index (χ0) is 17.6. The predicted molar refractivity (Wildman–Crippen MR) is 97.5 cm³/mol. The van der Waals surface area contributed by atoms with Crippen LogP contribution < -0.4 is 5.32 Å². The molecule has 7 heteroatoms. The van der Waals surface area contributed by atoms with E-state index in [1.165, 1.54) is 0 Å². The maximum atomic E-state index is 12.2. The van der Waals surface area contributed by atoms with E-state index >= 15 is 0 Å². The number of aliphatic hydroxyl groups is 1. The fourth-order valence-corrected chi connectivity index (χ4v) is 5.26. The Morgan fingerprint density at radius 2 is 2.04 bits per heavy atom. The summed E-state index contributed by atoms with van der Waals surface area (Å²) in [6, 6.07) is 7.77. The fraction of sp³-hybridized carbons (Fsp3) is 0.588. The molecule has 1 saturated carbocycles. The summed E-state index contributed by atoms with van der Waals surface area (Å²) in [5.74, 6) is -1.07. The van der Waals surface area contributed by atoms with Gasteiger partial charge in [0.05, 0.1) is 5.25 Å². The lowest BCUT2D eigenvalue weighted by molar-refractivity contribution is -0.118. The van der Waals surface area contributed by atoms with Crippen molar-refractivity contribution in [3.8, 4) is 0 Å². The van der Waals surface area contributed by atoms with Crippen LogP contribution in [0.3, 0.4) is 0 Å². The molecular formula is C17H24BrNO4S. The average Bonchev–Trinajstić information content (AvgIpc) is 3.06. The smallest absolute Gasteiger partial charge is 0.235 e. The zero-order valence-electron chi connectivity index (χ0n) is 13.6. The lowest BCUT2D eigenvalue weighted by atomic mass is 10.00. The summed E-state index contributed by atoms with van der Waals surface area (Å²) in [7, 11) is -3.36. The van der Waals surface area contributed by atoms with Gasteiger partial charge in [-0.2, -0.15) is 0 Å². The molecule has 1 aliphatic rings. The summed E-state index contributed by atoms with van der Waals surface area (Å²) >= 11 is 3.40. The Hall–Kier alpha value is -0.920. The second-order valence-corrected chi connectivity index (χ2v) is 9.60. The number of hydrogen-bond acceptors (Lipinski definition) is 4. The van der Waals surface area contributed by atoms with E-state index < -0.39 is 21.5 Å². The molecule has 1 atom stereocenters. The molecule has 0 aromatic heterocycles. The first kappa shape index (κ1) is 19.4. The van der Waals surface area contributed by atoms with Gasteiger partial charge >= 0.3 is 0 Å². The number of benzene rings is 1. The Kier molecular flexibility index (Phi) is 7.25. The van der Waals surface area contributed by atoms with Crippen LogP contribution in [-0.2, 0) is 21.1 Å². The third-order valence-electron chi connectivity index (χ3n) is 4.40. The van der Waals surface area contributed by atoms with Crippen molar-refractivity contribution >= 4 is 31.7 Å². The van der Waals surface area contributed by atoms with E-state index in [0.717, 1.165) is 22.9 Å². The topological polar surface area (TPSA) is 83.5 Å². The number of halogens is 1. The van der Waals surface area contributed by atoms with Gasteiger partial charge in [0.25, 0.3) is 0 Å². The number of sulfone groups is 1. The number of carbonyl (C=O) groups excluding carboxylic acids is 1. The molecular weight excluding hydrogens is 394 g/mol. The van der Waals surface area contributed by atoms with E-state index in [9.17, 15) is 18.3 Å². The maximum absolute atomic E-state index is 12.2. The lowest BCUT2D eigenvalue weighted by Crippen LogP contribution is -2.37. The fourth-order valence-electron chi connectivity index (χ4n) is 3.06. The molecule has 0 aliphatic heterocycles. The Bertz CT molecular complexity index is 656. The van der Waals surface area contributed by atoms with Gasteiger partial charge in [-0.1, -0.05) is 40.9 Å². The van der Waals surface area contributed by atoms with Gasteiger partial charge < -0.3 is 10.4 Å². The van der Waals surface area contributed by atoms with E-state index in [1.54, 1.807) is 0 Å². The summed E-state index contributed by atoms with van der Waals surface area (Å²) in [5, 5.41) is 11.8. The van der Waals surface area contributed by atoms with Crippen molar-refractivity contribution in [2.24, 2.45) is 5.92 Å². The molecule has 0 spiro atoms. The highest BCUT2D eigenvalue weighted by Gasteiger charge is 2.30. The normalized spacial score (nSPS) is 16.9. The van der Waals surface area contributed by atoms with Crippen LogP contribution in [0.4, 0.5) is 0 Å². The minimum atomic E-state index is -3.36. The Labute approximate surface area is 151 Å². The van der Waals surface area contributed by atoms with Crippen LogP contribution >= 0.6 is 15.9 Å². The monoisotopic (exact) mass is 417 g/mol. The van der Waals surface area contributed by atoms with Crippen LogP contribution in [0, 0.1) is 5.92 Å². The summed E-state index contributed by atoms with van der Waals surface area (Å²) in [5.41, 5.74) is 1.05. The molecule has 0 unspecified atom stereocenters. The van der Waals surface area contributed by atoms with Crippen molar-refractivity contribution < 1.29 is 18.3 Å². The first-order valence-electron chi connectivity index (χ1n) is 8.24. The van der Waals surface area contributed by atoms with Crippen LogP contribution in [0.2, 0.25) is 0 Å². The Morgan fingerprint density at radius 3 is 2.67 bits per heavy atom. The highest BCUT2D eigenvalue weighted by molar-refractivity contribution is 9.10. The minimum absolute atomic E-state index is 0.0673. The first-order valence-corrected chi connectivity index (χ1v) is 10.7.